The Morgan fingerprint density at radius 3 is 2.43 bits per heavy atom. The van der Waals surface area contributed by atoms with E-state index in [1.165, 1.54) is 11.0 Å². The van der Waals surface area contributed by atoms with Crippen LogP contribution in [0, 0.1) is 5.41 Å². The van der Waals surface area contributed by atoms with Crippen molar-refractivity contribution < 1.29 is 24.3 Å². The number of carbonyl (C=O) groups excluding carboxylic acids is 3. The number of amides is 3. The van der Waals surface area contributed by atoms with E-state index in [4.69, 9.17) is 16.2 Å². The number of carboxylic acids is 1. The number of amidine groups is 1. The summed E-state index contributed by atoms with van der Waals surface area (Å²) in [5.74, 6) is -3.39. The predicted molar refractivity (Wildman–Crippen MR) is 101 cm³/mol. The van der Waals surface area contributed by atoms with Crippen molar-refractivity contribution in [1.29, 1.82) is 5.41 Å². The van der Waals surface area contributed by atoms with Gasteiger partial charge in [-0.15, -0.1) is 6.58 Å². The van der Waals surface area contributed by atoms with Crippen LogP contribution in [0.25, 0.3) is 0 Å². The third kappa shape index (κ3) is 4.93. The first-order valence-electron chi connectivity index (χ1n) is 8.42. The molecular weight excluding hydrogens is 366 g/mol. The van der Waals surface area contributed by atoms with Crippen molar-refractivity contribution in [2.24, 2.45) is 5.73 Å². The Bertz CT molecular complexity index is 820. The first-order chi connectivity index (χ1) is 13.2. The Morgan fingerprint density at radius 1 is 1.25 bits per heavy atom. The number of carboxylic acid groups (broad SMARTS) is 1. The first-order valence-corrected chi connectivity index (χ1v) is 8.42. The third-order valence-corrected chi connectivity index (χ3v) is 4.16. The van der Waals surface area contributed by atoms with Crippen molar-refractivity contribution in [1.82, 2.24) is 10.2 Å². The quantitative estimate of drug-likeness (QED) is 0.200. The summed E-state index contributed by atoms with van der Waals surface area (Å²) in [6, 6.07) is 5.56. The van der Waals surface area contributed by atoms with Gasteiger partial charge in [0, 0.05) is 24.3 Å². The topological polar surface area (TPSA) is 157 Å². The maximum Gasteiger partial charge on any atom is 0.316 e. The molecule has 0 saturated carbocycles. The van der Waals surface area contributed by atoms with Gasteiger partial charge in [0.1, 0.15) is 12.4 Å². The zero-order valence-electron chi connectivity index (χ0n) is 15.1. The zero-order chi connectivity index (χ0) is 20.8. The molecule has 3 amide bonds. The van der Waals surface area contributed by atoms with Crippen molar-refractivity contribution >= 4 is 35.2 Å². The Hall–Kier alpha value is -3.69. The van der Waals surface area contributed by atoms with Crippen LogP contribution >= 0.6 is 0 Å². The molecule has 0 aliphatic carbocycles. The Kier molecular flexibility index (Phi) is 6.48. The molecule has 0 spiro atoms. The monoisotopic (exact) mass is 387 g/mol. The Morgan fingerprint density at radius 2 is 1.89 bits per heavy atom. The summed E-state index contributed by atoms with van der Waals surface area (Å²) in [6.45, 7) is 3.44. The van der Waals surface area contributed by atoms with Crippen LogP contribution in [0.4, 0.5) is 5.69 Å². The lowest BCUT2D eigenvalue weighted by Crippen LogP contribution is -2.57. The van der Waals surface area contributed by atoms with E-state index in [1.807, 2.05) is 0 Å². The van der Waals surface area contributed by atoms with Crippen LogP contribution in [-0.4, -0.2) is 65.2 Å². The van der Waals surface area contributed by atoms with Gasteiger partial charge in [-0.3, -0.25) is 24.6 Å². The van der Waals surface area contributed by atoms with Gasteiger partial charge in [0.15, 0.2) is 0 Å². The molecule has 28 heavy (non-hydrogen) atoms. The molecule has 1 aromatic rings. The first kappa shape index (κ1) is 20.6. The average Bonchev–Trinajstić information content (AvgIpc) is 2.64. The summed E-state index contributed by atoms with van der Waals surface area (Å²) in [6.07, 6.45) is 0.966. The van der Waals surface area contributed by atoms with Crippen molar-refractivity contribution in [2.75, 3.05) is 24.5 Å². The van der Waals surface area contributed by atoms with E-state index in [0.717, 1.165) is 4.90 Å². The molecule has 1 heterocycles. The largest absolute Gasteiger partial charge is 0.481 e. The summed E-state index contributed by atoms with van der Waals surface area (Å²) in [4.78, 5) is 49.9. The second-order valence-electron chi connectivity index (χ2n) is 6.15. The molecule has 0 aromatic heterocycles. The number of hydrogen-bond acceptors (Lipinski definition) is 5. The van der Waals surface area contributed by atoms with E-state index >= 15 is 0 Å². The van der Waals surface area contributed by atoms with E-state index in [-0.39, 0.29) is 31.9 Å². The zero-order valence-corrected chi connectivity index (χ0v) is 15.1. The summed E-state index contributed by atoms with van der Waals surface area (Å²) >= 11 is 0. The molecule has 1 atom stereocenters. The van der Waals surface area contributed by atoms with Crippen LogP contribution in [0.5, 0.6) is 0 Å². The number of nitrogens with zero attached hydrogens (tertiary/aromatic N) is 2. The number of anilines is 1. The van der Waals surface area contributed by atoms with Gasteiger partial charge >= 0.3 is 17.8 Å². The molecule has 0 radical (unpaired) electrons. The fourth-order valence-electron chi connectivity index (χ4n) is 2.70. The number of nitrogens with two attached hydrogens (primary N) is 1. The molecule has 5 N–H and O–H groups in total. The van der Waals surface area contributed by atoms with Crippen LogP contribution in [0.3, 0.4) is 0 Å². The van der Waals surface area contributed by atoms with E-state index in [0.29, 0.717) is 11.3 Å². The number of piperazine rings is 1. The number of carbonyl (C=O) groups is 4. The predicted octanol–water partition coefficient (Wildman–Crippen LogP) is -0.709. The Labute approximate surface area is 161 Å². The fraction of sp³-hybridized carbons (Fsp3) is 0.278. The molecular formula is C18H21N5O5. The van der Waals surface area contributed by atoms with Gasteiger partial charge in [0.25, 0.3) is 0 Å². The van der Waals surface area contributed by atoms with Crippen molar-refractivity contribution in [3.05, 3.63) is 42.5 Å². The maximum absolute atomic E-state index is 12.4. The molecule has 0 bridgehead atoms. The molecule has 1 aromatic carbocycles. The van der Waals surface area contributed by atoms with Gasteiger partial charge in [-0.2, -0.15) is 0 Å². The molecule has 1 fully saturated rings. The minimum atomic E-state index is -1.10. The second kappa shape index (κ2) is 8.80. The standard InChI is InChI=1S/C18H21N5O5/c1-2-12(9-15(25)26)21-14(24)10-22-7-8-23(18(28)17(22)27)13-5-3-11(4-6-13)16(19)20/h2-6,12H,1,7-10H2,(H3,19,20)(H,21,24)(H,25,26). The lowest BCUT2D eigenvalue weighted by atomic mass is 10.1. The highest BCUT2D eigenvalue weighted by Gasteiger charge is 2.34. The summed E-state index contributed by atoms with van der Waals surface area (Å²) in [5, 5.41) is 18.6. The second-order valence-corrected chi connectivity index (χ2v) is 6.15. The number of hydrogen-bond donors (Lipinski definition) is 4. The fourth-order valence-corrected chi connectivity index (χ4v) is 2.70. The number of benzene rings is 1. The van der Waals surface area contributed by atoms with Gasteiger partial charge in [-0.1, -0.05) is 6.08 Å². The number of aliphatic carboxylic acids is 1. The smallest absolute Gasteiger partial charge is 0.316 e. The van der Waals surface area contributed by atoms with Gasteiger partial charge < -0.3 is 26.0 Å². The molecule has 10 heteroatoms. The van der Waals surface area contributed by atoms with Crippen LogP contribution in [0.1, 0.15) is 12.0 Å². The van der Waals surface area contributed by atoms with Gasteiger partial charge in [-0.05, 0) is 24.3 Å². The summed E-state index contributed by atoms with van der Waals surface area (Å²) < 4.78 is 0. The minimum Gasteiger partial charge on any atom is -0.481 e. The molecule has 1 aliphatic heterocycles. The van der Waals surface area contributed by atoms with E-state index in [2.05, 4.69) is 11.9 Å². The molecule has 148 valence electrons. The number of nitrogens with one attached hydrogen (secondary N) is 2. The lowest BCUT2D eigenvalue weighted by Gasteiger charge is -2.33. The third-order valence-electron chi connectivity index (χ3n) is 4.16. The SMILES string of the molecule is C=CC(CC(=O)O)NC(=O)CN1CCN(c2ccc(C(=N)N)cc2)C(=O)C1=O. The lowest BCUT2D eigenvalue weighted by molar-refractivity contribution is -0.147. The molecule has 2 rings (SSSR count). The minimum absolute atomic E-state index is 0.106. The highest BCUT2D eigenvalue weighted by atomic mass is 16.4. The van der Waals surface area contributed by atoms with Gasteiger partial charge in [-0.25, -0.2) is 0 Å². The van der Waals surface area contributed by atoms with Crippen molar-refractivity contribution in [3.63, 3.8) is 0 Å². The van der Waals surface area contributed by atoms with Crippen molar-refractivity contribution in [3.8, 4) is 0 Å². The van der Waals surface area contributed by atoms with Crippen LogP contribution in [0.15, 0.2) is 36.9 Å². The molecule has 1 unspecified atom stereocenters. The van der Waals surface area contributed by atoms with Gasteiger partial charge in [0.2, 0.25) is 5.91 Å². The number of nitrogen functional groups attached to an aromatic ring is 1. The normalized spacial score (nSPS) is 15.1. The van der Waals surface area contributed by atoms with E-state index in [9.17, 15) is 19.2 Å². The van der Waals surface area contributed by atoms with Crippen molar-refractivity contribution in [2.45, 2.75) is 12.5 Å². The highest BCUT2D eigenvalue weighted by Crippen LogP contribution is 2.18. The van der Waals surface area contributed by atoms with E-state index in [1.54, 1.807) is 24.3 Å². The van der Waals surface area contributed by atoms with Crippen LogP contribution < -0.4 is 16.0 Å². The van der Waals surface area contributed by atoms with Gasteiger partial charge in [0.05, 0.1) is 12.5 Å². The van der Waals surface area contributed by atoms with E-state index < -0.39 is 29.7 Å². The molecule has 1 aliphatic rings. The summed E-state index contributed by atoms with van der Waals surface area (Å²) in [5.41, 5.74) is 6.38. The van der Waals surface area contributed by atoms with Crippen LogP contribution in [0.2, 0.25) is 0 Å². The molecule has 10 nitrogen and oxygen atoms in total. The Balaban J connectivity index is 1.99. The highest BCUT2D eigenvalue weighted by molar-refractivity contribution is 6.41. The summed E-state index contributed by atoms with van der Waals surface area (Å²) in [7, 11) is 0. The average molecular weight is 387 g/mol. The molecule has 1 saturated heterocycles. The number of rotatable bonds is 8. The maximum atomic E-state index is 12.4. The van der Waals surface area contributed by atoms with Crippen LogP contribution in [-0.2, 0) is 19.2 Å².